The van der Waals surface area contributed by atoms with Crippen LogP contribution in [-0.2, 0) is 23.1 Å². The molecular weight excluding hydrogens is 582 g/mol. The summed E-state index contributed by atoms with van der Waals surface area (Å²) in [6.07, 6.45) is 1.41. The van der Waals surface area contributed by atoms with Crippen molar-refractivity contribution < 1.29 is 34.8 Å². The van der Waals surface area contributed by atoms with Crippen LogP contribution < -0.4 is 5.32 Å². The number of halogens is 6. The van der Waals surface area contributed by atoms with Gasteiger partial charge in [0.05, 0.1) is 5.52 Å². The number of aromatic nitrogens is 2. The van der Waals surface area contributed by atoms with Gasteiger partial charge in [0.2, 0.25) is 15.8 Å². The van der Waals surface area contributed by atoms with E-state index in [4.69, 9.17) is 0 Å². The first-order valence-corrected chi connectivity index (χ1v) is 13.7. The average molecular weight is 603 g/mol. The van der Waals surface area contributed by atoms with Crippen molar-refractivity contribution in [1.82, 2.24) is 14.3 Å². The van der Waals surface area contributed by atoms with E-state index >= 15 is 0 Å². The first kappa shape index (κ1) is 29.0. The molecule has 0 bridgehead atoms. The van der Waals surface area contributed by atoms with Crippen LogP contribution in [0.1, 0.15) is 11.1 Å². The van der Waals surface area contributed by atoms with Crippen LogP contribution in [0, 0.1) is 34.9 Å². The Morgan fingerprint density at radius 2 is 1.38 bits per heavy atom. The number of rotatable bonds is 8. The smallest absolute Gasteiger partial charge is 0.249 e. The van der Waals surface area contributed by atoms with Gasteiger partial charge in [0.15, 0.2) is 28.2 Å². The maximum absolute atomic E-state index is 14.8. The van der Waals surface area contributed by atoms with Crippen LogP contribution in [0.15, 0.2) is 78.0 Å². The molecule has 42 heavy (non-hydrogen) atoms. The van der Waals surface area contributed by atoms with Crippen LogP contribution in [0.25, 0.3) is 22.0 Å². The lowest BCUT2D eigenvalue weighted by Gasteiger charge is -2.19. The third-order valence-electron chi connectivity index (χ3n) is 6.55. The highest BCUT2D eigenvalue weighted by Gasteiger charge is 2.36. The fraction of sp³-hybridized carbons (Fsp3) is 0.103. The Morgan fingerprint density at radius 3 is 2.07 bits per heavy atom. The quantitative estimate of drug-likeness (QED) is 0.124. The number of sulfonamides is 1. The SMILES string of the molecule is CN(Cc1cc(-c2ccc3ncnc(NCc4ccccc4)c3c2)ccc1F)S(=O)(=O)c1c(F)c(F)c(F)c(F)c1F. The van der Waals surface area contributed by atoms with E-state index in [0.717, 1.165) is 18.7 Å². The second kappa shape index (κ2) is 11.4. The van der Waals surface area contributed by atoms with Gasteiger partial charge in [-0.3, -0.25) is 0 Å². The zero-order valence-electron chi connectivity index (χ0n) is 21.7. The molecule has 0 aliphatic heterocycles. The molecule has 1 heterocycles. The van der Waals surface area contributed by atoms with Gasteiger partial charge in [0, 0.05) is 31.1 Å². The molecule has 1 N–H and O–H groups in total. The van der Waals surface area contributed by atoms with Crippen LogP contribution in [-0.4, -0.2) is 29.7 Å². The van der Waals surface area contributed by atoms with Crippen LogP contribution in [0.5, 0.6) is 0 Å². The summed E-state index contributed by atoms with van der Waals surface area (Å²) in [7, 11) is -4.44. The van der Waals surface area contributed by atoms with Crippen LogP contribution in [0.3, 0.4) is 0 Å². The molecule has 5 aromatic rings. The van der Waals surface area contributed by atoms with Gasteiger partial charge in [-0.1, -0.05) is 42.5 Å². The summed E-state index contributed by atoms with van der Waals surface area (Å²) in [4.78, 5) is 6.56. The summed E-state index contributed by atoms with van der Waals surface area (Å²) in [6, 6.07) is 18.6. The zero-order chi connectivity index (χ0) is 30.2. The maximum Gasteiger partial charge on any atom is 0.249 e. The van der Waals surface area contributed by atoms with Crippen LogP contribution in [0.4, 0.5) is 32.2 Å². The lowest BCUT2D eigenvalue weighted by atomic mass is 10.0. The number of nitrogens with zero attached hydrogens (tertiary/aromatic N) is 3. The molecule has 0 unspecified atom stereocenters. The average Bonchev–Trinajstić information content (AvgIpc) is 2.99. The van der Waals surface area contributed by atoms with E-state index in [1.54, 1.807) is 18.2 Å². The summed E-state index contributed by atoms with van der Waals surface area (Å²) in [6.45, 7) is -0.288. The van der Waals surface area contributed by atoms with Crippen LogP contribution in [0.2, 0.25) is 0 Å². The van der Waals surface area contributed by atoms with Gasteiger partial charge in [-0.25, -0.2) is 44.7 Å². The maximum atomic E-state index is 14.8. The second-order valence-electron chi connectivity index (χ2n) is 9.26. The fourth-order valence-electron chi connectivity index (χ4n) is 4.33. The van der Waals surface area contributed by atoms with Gasteiger partial charge < -0.3 is 5.32 Å². The second-order valence-corrected chi connectivity index (χ2v) is 11.2. The molecule has 0 aliphatic carbocycles. The lowest BCUT2D eigenvalue weighted by molar-refractivity contribution is 0.352. The minimum Gasteiger partial charge on any atom is -0.365 e. The summed E-state index contributed by atoms with van der Waals surface area (Å²) in [5, 5.41) is 3.91. The number of fused-ring (bicyclic) bond motifs is 1. The van der Waals surface area contributed by atoms with Crippen molar-refractivity contribution >= 4 is 26.7 Å². The van der Waals surface area contributed by atoms with E-state index < -0.39 is 56.4 Å². The number of nitrogens with one attached hydrogen (secondary N) is 1. The van der Waals surface area contributed by atoms with E-state index in [1.807, 2.05) is 30.3 Å². The van der Waals surface area contributed by atoms with Crippen molar-refractivity contribution in [2.24, 2.45) is 0 Å². The fourth-order valence-corrected chi connectivity index (χ4v) is 5.58. The molecule has 0 radical (unpaired) electrons. The first-order chi connectivity index (χ1) is 20.0. The minimum absolute atomic E-state index is 0.214. The van der Waals surface area contributed by atoms with Gasteiger partial charge >= 0.3 is 0 Å². The predicted molar refractivity (Wildman–Crippen MR) is 144 cm³/mol. The predicted octanol–water partition coefficient (Wildman–Crippen LogP) is 6.56. The summed E-state index contributed by atoms with van der Waals surface area (Å²) in [5.74, 6) is -12.7. The monoisotopic (exact) mass is 602 g/mol. The molecule has 6 nitrogen and oxygen atoms in total. The standard InChI is InChI=1S/C29H20F6N4O2S/c1-39(42(40,41)28-26(34)24(32)23(31)25(33)27(28)35)14-19-11-17(7-9-21(19)30)18-8-10-22-20(12-18)29(38-15-37-22)36-13-16-5-3-2-4-6-16/h2-12,15H,13-14H2,1H3,(H,36,37,38). The van der Waals surface area contributed by atoms with Crippen molar-refractivity contribution in [3.63, 3.8) is 0 Å². The number of hydrogen-bond acceptors (Lipinski definition) is 5. The van der Waals surface area contributed by atoms with E-state index in [-0.39, 0.29) is 5.56 Å². The molecule has 0 spiro atoms. The largest absolute Gasteiger partial charge is 0.365 e. The van der Waals surface area contributed by atoms with Gasteiger partial charge in [-0.15, -0.1) is 0 Å². The first-order valence-electron chi connectivity index (χ1n) is 12.3. The number of benzene rings is 4. The molecule has 1 aromatic heterocycles. The Bertz CT molecular complexity index is 1890. The molecular formula is C29H20F6N4O2S. The highest BCUT2D eigenvalue weighted by atomic mass is 32.2. The number of hydrogen-bond donors (Lipinski definition) is 1. The normalized spacial score (nSPS) is 11.8. The Labute approximate surface area is 236 Å². The molecule has 0 amide bonds. The van der Waals surface area contributed by atoms with Crippen LogP contribution >= 0.6 is 0 Å². The highest BCUT2D eigenvalue weighted by molar-refractivity contribution is 7.89. The molecule has 0 saturated heterocycles. The molecule has 4 aromatic carbocycles. The topological polar surface area (TPSA) is 75.2 Å². The van der Waals surface area contributed by atoms with E-state index in [2.05, 4.69) is 15.3 Å². The molecule has 0 atom stereocenters. The molecule has 5 rings (SSSR count). The molecule has 0 fully saturated rings. The van der Waals surface area contributed by atoms with Gasteiger partial charge in [0.1, 0.15) is 18.0 Å². The van der Waals surface area contributed by atoms with Crippen molar-refractivity contribution in [1.29, 1.82) is 0 Å². The van der Waals surface area contributed by atoms with Crippen molar-refractivity contribution in [3.05, 3.63) is 119 Å². The van der Waals surface area contributed by atoms with E-state index in [0.29, 0.717) is 38.7 Å². The van der Waals surface area contributed by atoms with E-state index in [9.17, 15) is 34.8 Å². The Balaban J connectivity index is 1.46. The Kier molecular flexibility index (Phi) is 7.89. The zero-order valence-corrected chi connectivity index (χ0v) is 22.5. The van der Waals surface area contributed by atoms with Crippen molar-refractivity contribution in [3.8, 4) is 11.1 Å². The number of anilines is 1. The molecule has 0 aliphatic rings. The van der Waals surface area contributed by atoms with Crippen molar-refractivity contribution in [2.75, 3.05) is 12.4 Å². The van der Waals surface area contributed by atoms with E-state index in [1.165, 1.54) is 18.5 Å². The molecule has 216 valence electrons. The van der Waals surface area contributed by atoms with Crippen molar-refractivity contribution in [2.45, 2.75) is 18.0 Å². The van der Waals surface area contributed by atoms with Gasteiger partial charge in [-0.2, -0.15) is 4.31 Å². The lowest BCUT2D eigenvalue weighted by Crippen LogP contribution is -2.29. The Hall–Kier alpha value is -4.49. The van der Waals surface area contributed by atoms with Gasteiger partial charge in [0.25, 0.3) is 0 Å². The Morgan fingerprint density at radius 1 is 0.762 bits per heavy atom. The summed E-state index contributed by atoms with van der Waals surface area (Å²) < 4.78 is 110. The highest BCUT2D eigenvalue weighted by Crippen LogP contribution is 2.31. The van der Waals surface area contributed by atoms with Gasteiger partial charge in [-0.05, 0) is 41.0 Å². The molecule has 0 saturated carbocycles. The summed E-state index contributed by atoms with van der Waals surface area (Å²) >= 11 is 0. The molecule has 13 heteroatoms. The third-order valence-corrected chi connectivity index (χ3v) is 8.37. The minimum atomic E-state index is -5.27. The summed E-state index contributed by atoms with van der Waals surface area (Å²) in [5.41, 5.74) is 2.47. The third kappa shape index (κ3) is 5.40.